The van der Waals surface area contributed by atoms with Crippen molar-refractivity contribution in [2.75, 3.05) is 0 Å². The summed E-state index contributed by atoms with van der Waals surface area (Å²) in [5.41, 5.74) is 6.48. The molecule has 4 nitrogen and oxygen atoms in total. The Labute approximate surface area is 118 Å². The predicted octanol–water partition coefficient (Wildman–Crippen LogP) is 2.85. The zero-order valence-corrected chi connectivity index (χ0v) is 11.4. The number of pyridine rings is 1. The van der Waals surface area contributed by atoms with E-state index in [1.54, 1.807) is 24.4 Å². The number of aromatic nitrogens is 1. The summed E-state index contributed by atoms with van der Waals surface area (Å²) in [4.78, 5) is 4.02. The summed E-state index contributed by atoms with van der Waals surface area (Å²) < 4.78 is 19.3. The van der Waals surface area contributed by atoms with Crippen molar-refractivity contribution in [3.63, 3.8) is 0 Å². The lowest BCUT2D eigenvalue weighted by atomic mass is 10.2. The number of hydrogen-bond donors (Lipinski definition) is 2. The van der Waals surface area contributed by atoms with Crippen molar-refractivity contribution in [2.45, 2.75) is 6.61 Å². The summed E-state index contributed by atoms with van der Waals surface area (Å²) in [6, 6.07) is 7.68. The van der Waals surface area contributed by atoms with E-state index in [1.807, 2.05) is 0 Å². The Morgan fingerprint density at radius 1 is 1.42 bits per heavy atom. The molecule has 0 aliphatic carbocycles. The first kappa shape index (κ1) is 13.5. The highest BCUT2D eigenvalue weighted by Gasteiger charge is 2.08. The van der Waals surface area contributed by atoms with Crippen LogP contribution >= 0.6 is 15.9 Å². The highest BCUT2D eigenvalue weighted by Crippen LogP contribution is 2.26. The van der Waals surface area contributed by atoms with Crippen molar-refractivity contribution >= 4 is 21.8 Å². The van der Waals surface area contributed by atoms with Gasteiger partial charge in [0.25, 0.3) is 0 Å². The van der Waals surface area contributed by atoms with E-state index in [1.165, 1.54) is 12.1 Å². The van der Waals surface area contributed by atoms with Crippen LogP contribution in [0.15, 0.2) is 41.0 Å². The number of ether oxygens (including phenoxy) is 1. The average Bonchev–Trinajstić information content (AvgIpc) is 2.40. The van der Waals surface area contributed by atoms with Crippen LogP contribution < -0.4 is 10.5 Å². The van der Waals surface area contributed by atoms with Gasteiger partial charge < -0.3 is 10.5 Å². The largest absolute Gasteiger partial charge is 0.488 e. The Morgan fingerprint density at radius 3 is 2.95 bits per heavy atom. The molecule has 19 heavy (non-hydrogen) atoms. The molecule has 0 spiro atoms. The topological polar surface area (TPSA) is 72.0 Å². The van der Waals surface area contributed by atoms with Gasteiger partial charge in [-0.25, -0.2) is 4.39 Å². The maximum absolute atomic E-state index is 13.1. The molecule has 3 N–H and O–H groups in total. The quantitative estimate of drug-likeness (QED) is 0.671. The van der Waals surface area contributed by atoms with Crippen LogP contribution in [0.1, 0.15) is 11.3 Å². The number of rotatable bonds is 4. The fourth-order valence-corrected chi connectivity index (χ4v) is 1.90. The number of nitrogens with one attached hydrogen (secondary N) is 1. The van der Waals surface area contributed by atoms with Gasteiger partial charge in [-0.2, -0.15) is 0 Å². The molecule has 0 atom stereocenters. The van der Waals surface area contributed by atoms with Gasteiger partial charge in [0.1, 0.15) is 29.7 Å². The van der Waals surface area contributed by atoms with Gasteiger partial charge in [-0.3, -0.25) is 10.4 Å². The van der Waals surface area contributed by atoms with Gasteiger partial charge >= 0.3 is 0 Å². The number of benzene rings is 1. The van der Waals surface area contributed by atoms with E-state index >= 15 is 0 Å². The second-order valence-corrected chi connectivity index (χ2v) is 4.64. The molecule has 2 aromatic rings. The van der Waals surface area contributed by atoms with Gasteiger partial charge in [0.2, 0.25) is 0 Å². The first-order valence-electron chi connectivity index (χ1n) is 5.44. The summed E-state index contributed by atoms with van der Waals surface area (Å²) in [6.07, 6.45) is 1.55. The van der Waals surface area contributed by atoms with E-state index in [-0.39, 0.29) is 18.3 Å². The fourth-order valence-electron chi connectivity index (χ4n) is 1.54. The molecule has 0 amide bonds. The van der Waals surface area contributed by atoms with E-state index in [0.29, 0.717) is 21.5 Å². The highest BCUT2D eigenvalue weighted by atomic mass is 79.9. The lowest BCUT2D eigenvalue weighted by molar-refractivity contribution is 0.302. The normalized spacial score (nSPS) is 10.2. The molecule has 98 valence electrons. The number of nitrogen functional groups attached to an aromatic ring is 1. The minimum atomic E-state index is -0.379. The van der Waals surface area contributed by atoms with Crippen LogP contribution in [0.3, 0.4) is 0 Å². The Hall–Kier alpha value is -1.95. The molecule has 0 radical (unpaired) electrons. The maximum atomic E-state index is 13.1. The minimum Gasteiger partial charge on any atom is -0.488 e. The molecule has 0 fully saturated rings. The van der Waals surface area contributed by atoms with E-state index < -0.39 is 0 Å². The Bertz CT molecular complexity index is 619. The molecular formula is C13H11BrFN3O. The lowest BCUT2D eigenvalue weighted by Gasteiger charge is -2.10. The zero-order chi connectivity index (χ0) is 13.8. The average molecular weight is 324 g/mol. The zero-order valence-electron chi connectivity index (χ0n) is 9.86. The van der Waals surface area contributed by atoms with Gasteiger partial charge in [-0.1, -0.05) is 6.07 Å². The summed E-state index contributed by atoms with van der Waals surface area (Å²) in [5, 5.41) is 7.43. The summed E-state index contributed by atoms with van der Waals surface area (Å²) >= 11 is 3.28. The first-order chi connectivity index (χ1) is 9.08. The van der Waals surface area contributed by atoms with Crippen molar-refractivity contribution in [1.82, 2.24) is 4.98 Å². The third kappa shape index (κ3) is 3.29. The van der Waals surface area contributed by atoms with Crippen LogP contribution in [-0.4, -0.2) is 10.8 Å². The van der Waals surface area contributed by atoms with E-state index in [9.17, 15) is 4.39 Å². The number of halogens is 2. The van der Waals surface area contributed by atoms with Gasteiger partial charge in [0, 0.05) is 17.8 Å². The Morgan fingerprint density at radius 2 is 2.21 bits per heavy atom. The number of amidine groups is 1. The third-order valence-electron chi connectivity index (χ3n) is 2.42. The van der Waals surface area contributed by atoms with Crippen molar-refractivity contribution in [3.8, 4) is 5.75 Å². The molecule has 0 unspecified atom stereocenters. The predicted molar refractivity (Wildman–Crippen MR) is 73.7 cm³/mol. The van der Waals surface area contributed by atoms with Gasteiger partial charge in [-0.15, -0.1) is 0 Å². The molecule has 0 bridgehead atoms. The van der Waals surface area contributed by atoms with Crippen molar-refractivity contribution in [3.05, 3.63) is 58.1 Å². The number of hydrogen-bond acceptors (Lipinski definition) is 3. The second kappa shape index (κ2) is 5.79. The van der Waals surface area contributed by atoms with E-state index in [4.69, 9.17) is 15.9 Å². The Balaban J connectivity index is 2.19. The Kier molecular flexibility index (Phi) is 4.11. The van der Waals surface area contributed by atoms with Crippen molar-refractivity contribution in [1.29, 1.82) is 5.41 Å². The summed E-state index contributed by atoms with van der Waals surface area (Å²) in [5.74, 6) is -0.118. The van der Waals surface area contributed by atoms with Crippen LogP contribution in [0.2, 0.25) is 0 Å². The van der Waals surface area contributed by atoms with Gasteiger partial charge in [0.15, 0.2) is 0 Å². The molecule has 1 aromatic carbocycles. The van der Waals surface area contributed by atoms with Gasteiger partial charge in [0.05, 0.1) is 4.47 Å². The van der Waals surface area contributed by atoms with Crippen LogP contribution in [-0.2, 0) is 6.61 Å². The monoisotopic (exact) mass is 323 g/mol. The molecule has 1 aromatic heterocycles. The van der Waals surface area contributed by atoms with E-state index in [2.05, 4.69) is 20.9 Å². The molecule has 0 saturated carbocycles. The minimum absolute atomic E-state index is 0.127. The van der Waals surface area contributed by atoms with Crippen molar-refractivity contribution in [2.24, 2.45) is 5.73 Å². The summed E-state index contributed by atoms with van der Waals surface area (Å²) in [6.45, 7) is 0.158. The van der Waals surface area contributed by atoms with Crippen LogP contribution in [0.4, 0.5) is 4.39 Å². The summed E-state index contributed by atoms with van der Waals surface area (Å²) in [7, 11) is 0. The van der Waals surface area contributed by atoms with Crippen molar-refractivity contribution < 1.29 is 9.13 Å². The standard InChI is InChI=1S/C13H11BrFN3O/c14-10-4-3-9(15)6-11(10)19-7-8-2-1-5-18-12(8)13(16)17/h1-6H,7H2,(H3,16,17). The molecule has 1 heterocycles. The fraction of sp³-hybridized carbons (Fsp3) is 0.0769. The van der Waals surface area contributed by atoms with Crippen LogP contribution in [0, 0.1) is 11.2 Å². The van der Waals surface area contributed by atoms with Crippen LogP contribution in [0.25, 0.3) is 0 Å². The molecular weight excluding hydrogens is 313 g/mol. The highest BCUT2D eigenvalue weighted by molar-refractivity contribution is 9.10. The maximum Gasteiger partial charge on any atom is 0.142 e. The lowest BCUT2D eigenvalue weighted by Crippen LogP contribution is -2.16. The smallest absolute Gasteiger partial charge is 0.142 e. The number of nitrogens with zero attached hydrogens (tertiary/aromatic N) is 1. The van der Waals surface area contributed by atoms with Crippen LogP contribution in [0.5, 0.6) is 5.75 Å². The molecule has 0 aliphatic rings. The van der Waals surface area contributed by atoms with E-state index in [0.717, 1.165) is 0 Å². The first-order valence-corrected chi connectivity index (χ1v) is 6.23. The third-order valence-corrected chi connectivity index (χ3v) is 3.08. The molecule has 0 aliphatic heterocycles. The molecule has 2 rings (SSSR count). The SMILES string of the molecule is N=C(N)c1ncccc1COc1cc(F)ccc1Br. The molecule has 0 saturated heterocycles. The second-order valence-electron chi connectivity index (χ2n) is 3.79. The number of nitrogens with two attached hydrogens (primary N) is 1. The molecule has 6 heteroatoms. The van der Waals surface area contributed by atoms with Gasteiger partial charge in [-0.05, 0) is 34.1 Å².